The Bertz CT molecular complexity index is 1710. The molecule has 0 aliphatic carbocycles. The van der Waals surface area contributed by atoms with Gasteiger partial charge in [0.25, 0.3) is 5.56 Å². The lowest BCUT2D eigenvalue weighted by molar-refractivity contribution is 0.0698. The first-order valence-corrected chi connectivity index (χ1v) is 13.3. The van der Waals surface area contributed by atoms with Crippen molar-refractivity contribution in [3.05, 3.63) is 98.5 Å². The number of rotatable bonds is 6. The maximum Gasteiger partial charge on any atom is 0.337 e. The van der Waals surface area contributed by atoms with Crippen LogP contribution in [-0.4, -0.2) is 46.6 Å². The Morgan fingerprint density at radius 2 is 1.75 bits per heavy atom. The molecule has 1 unspecified atom stereocenters. The first kappa shape index (κ1) is 26.8. The van der Waals surface area contributed by atoms with E-state index >= 15 is 0 Å². The van der Waals surface area contributed by atoms with Crippen LogP contribution in [0.3, 0.4) is 0 Å². The number of hydrogen-bond donors (Lipinski definition) is 2. The number of fused-ring (bicyclic) bond motifs is 1. The van der Waals surface area contributed by atoms with Gasteiger partial charge in [-0.25, -0.2) is 9.78 Å². The second-order valence-electron chi connectivity index (χ2n) is 10.3. The minimum Gasteiger partial charge on any atom is -0.478 e. The lowest BCUT2D eigenvalue weighted by Crippen LogP contribution is -2.47. The summed E-state index contributed by atoms with van der Waals surface area (Å²) in [5.41, 5.74) is 6.26. The molecule has 1 fully saturated rings. The Morgan fingerprint density at radius 3 is 2.42 bits per heavy atom. The predicted octanol–water partition coefficient (Wildman–Crippen LogP) is 4.69. The van der Waals surface area contributed by atoms with Gasteiger partial charge in [0.05, 0.1) is 28.8 Å². The van der Waals surface area contributed by atoms with Crippen LogP contribution < -0.4 is 20.7 Å². The number of aryl methyl sites for hydroxylation is 2. The van der Waals surface area contributed by atoms with Crippen LogP contribution in [0.4, 0.5) is 17.2 Å². The number of carbonyl (C=O) groups is 1. The molecule has 0 amide bonds. The third-order valence-electron chi connectivity index (χ3n) is 7.53. The summed E-state index contributed by atoms with van der Waals surface area (Å²) in [5, 5.41) is 22.1. The van der Waals surface area contributed by atoms with Crippen molar-refractivity contribution < 1.29 is 9.90 Å². The SMILES string of the molecule is Cc1cc(C(C)Nc2ccccc2C(=O)O)c2nc(N3CCN(c4ccc(C#N)cc4C)CC3)c(C)c(=O)n2c1. The number of anilines is 3. The lowest BCUT2D eigenvalue weighted by Gasteiger charge is -2.38. The summed E-state index contributed by atoms with van der Waals surface area (Å²) in [6, 6.07) is 16.4. The first-order chi connectivity index (χ1) is 19.2. The summed E-state index contributed by atoms with van der Waals surface area (Å²) in [6.07, 6.45) is 1.80. The molecule has 2 aromatic carbocycles. The molecule has 204 valence electrons. The average molecular weight is 537 g/mol. The molecule has 2 aromatic heterocycles. The molecule has 40 heavy (non-hydrogen) atoms. The molecular formula is C31H32N6O3. The van der Waals surface area contributed by atoms with Crippen LogP contribution in [0.2, 0.25) is 0 Å². The maximum atomic E-state index is 13.6. The lowest BCUT2D eigenvalue weighted by atomic mass is 10.1. The number of benzene rings is 2. The predicted molar refractivity (Wildman–Crippen MR) is 157 cm³/mol. The number of nitrogens with zero attached hydrogens (tertiary/aromatic N) is 5. The second-order valence-corrected chi connectivity index (χ2v) is 10.3. The summed E-state index contributed by atoms with van der Waals surface area (Å²) in [6.45, 7) is 10.6. The monoisotopic (exact) mass is 536 g/mol. The third kappa shape index (κ3) is 4.96. The van der Waals surface area contributed by atoms with Crippen LogP contribution >= 0.6 is 0 Å². The normalized spacial score (nSPS) is 14.2. The fraction of sp³-hybridized carbons (Fsp3) is 0.290. The number of para-hydroxylation sites is 1. The summed E-state index contributed by atoms with van der Waals surface area (Å²) >= 11 is 0. The van der Waals surface area contributed by atoms with Gasteiger partial charge in [-0.15, -0.1) is 0 Å². The molecule has 5 rings (SSSR count). The third-order valence-corrected chi connectivity index (χ3v) is 7.53. The second kappa shape index (κ2) is 10.7. The summed E-state index contributed by atoms with van der Waals surface area (Å²) < 4.78 is 1.60. The standard InChI is InChI=1S/C31H32N6O3/c1-19-15-25(22(4)33-26-8-6-5-7-24(26)31(39)40)29-34-28(21(3)30(38)37(29)18-19)36-13-11-35(12-14-36)27-10-9-23(17-32)16-20(27)2/h5-10,15-16,18,22,33H,11-14H2,1-4H3,(H,39,40). The van der Waals surface area contributed by atoms with Crippen LogP contribution in [0.5, 0.6) is 0 Å². The minimum atomic E-state index is -1.01. The van der Waals surface area contributed by atoms with Crippen molar-refractivity contribution >= 4 is 28.8 Å². The molecule has 1 saturated heterocycles. The average Bonchev–Trinajstić information content (AvgIpc) is 2.95. The summed E-state index contributed by atoms with van der Waals surface area (Å²) in [7, 11) is 0. The number of carboxylic acids is 1. The topological polar surface area (TPSA) is 114 Å². The van der Waals surface area contributed by atoms with Gasteiger partial charge >= 0.3 is 5.97 Å². The first-order valence-electron chi connectivity index (χ1n) is 13.3. The zero-order valence-electron chi connectivity index (χ0n) is 23.1. The molecule has 0 radical (unpaired) electrons. The summed E-state index contributed by atoms with van der Waals surface area (Å²) in [5.74, 6) is -0.337. The number of hydrogen-bond acceptors (Lipinski definition) is 7. The van der Waals surface area contributed by atoms with Gasteiger partial charge in [-0.1, -0.05) is 12.1 Å². The number of nitrogens with one attached hydrogen (secondary N) is 1. The molecule has 0 saturated carbocycles. The highest BCUT2D eigenvalue weighted by molar-refractivity contribution is 5.94. The van der Waals surface area contributed by atoms with E-state index in [4.69, 9.17) is 4.98 Å². The fourth-order valence-electron chi connectivity index (χ4n) is 5.46. The number of piperazine rings is 1. The number of aromatic nitrogens is 2. The number of aromatic carboxylic acids is 1. The van der Waals surface area contributed by atoms with Crippen LogP contribution in [0, 0.1) is 32.1 Å². The molecule has 9 nitrogen and oxygen atoms in total. The zero-order chi connectivity index (χ0) is 28.6. The van der Waals surface area contributed by atoms with Gasteiger partial charge in [0.2, 0.25) is 0 Å². The molecule has 1 atom stereocenters. The Labute approximate surface area is 232 Å². The smallest absolute Gasteiger partial charge is 0.337 e. The van der Waals surface area contributed by atoms with Crippen LogP contribution in [0.25, 0.3) is 5.65 Å². The number of nitriles is 1. The van der Waals surface area contributed by atoms with Crippen molar-refractivity contribution in [1.82, 2.24) is 9.38 Å². The van der Waals surface area contributed by atoms with E-state index in [1.807, 2.05) is 52.0 Å². The van der Waals surface area contributed by atoms with Gasteiger partial charge < -0.3 is 20.2 Å². The minimum absolute atomic E-state index is 0.117. The van der Waals surface area contributed by atoms with Crippen LogP contribution in [0.1, 0.15) is 51.1 Å². The van der Waals surface area contributed by atoms with Crippen molar-refractivity contribution in [2.45, 2.75) is 33.7 Å². The van der Waals surface area contributed by atoms with E-state index < -0.39 is 5.97 Å². The maximum absolute atomic E-state index is 13.6. The van der Waals surface area contributed by atoms with E-state index in [1.165, 1.54) is 0 Å². The van der Waals surface area contributed by atoms with Gasteiger partial charge in [0, 0.05) is 49.3 Å². The van der Waals surface area contributed by atoms with E-state index in [-0.39, 0.29) is 17.2 Å². The van der Waals surface area contributed by atoms with Crippen molar-refractivity contribution in [2.75, 3.05) is 41.3 Å². The molecular weight excluding hydrogens is 504 g/mol. The van der Waals surface area contributed by atoms with E-state index in [0.29, 0.717) is 41.4 Å². The van der Waals surface area contributed by atoms with Crippen LogP contribution in [0.15, 0.2) is 59.5 Å². The van der Waals surface area contributed by atoms with Crippen molar-refractivity contribution in [3.8, 4) is 6.07 Å². The molecule has 0 bridgehead atoms. The number of pyridine rings is 1. The van der Waals surface area contributed by atoms with E-state index in [0.717, 1.165) is 35.5 Å². The van der Waals surface area contributed by atoms with Crippen LogP contribution in [-0.2, 0) is 0 Å². The summed E-state index contributed by atoms with van der Waals surface area (Å²) in [4.78, 5) is 34.8. The van der Waals surface area contributed by atoms with E-state index in [9.17, 15) is 20.0 Å². The van der Waals surface area contributed by atoms with Crippen molar-refractivity contribution in [3.63, 3.8) is 0 Å². The Hall–Kier alpha value is -4.84. The van der Waals surface area contributed by atoms with Crippen molar-refractivity contribution in [2.24, 2.45) is 0 Å². The Balaban J connectivity index is 1.47. The van der Waals surface area contributed by atoms with E-state index in [2.05, 4.69) is 21.2 Å². The molecule has 0 spiro atoms. The molecule has 3 heterocycles. The van der Waals surface area contributed by atoms with Gasteiger partial charge in [-0.2, -0.15) is 5.26 Å². The zero-order valence-corrected chi connectivity index (χ0v) is 23.1. The van der Waals surface area contributed by atoms with Gasteiger partial charge in [-0.3, -0.25) is 9.20 Å². The molecule has 1 aliphatic heterocycles. The van der Waals surface area contributed by atoms with Gasteiger partial charge in [0.1, 0.15) is 11.5 Å². The van der Waals surface area contributed by atoms with Gasteiger partial charge in [-0.05, 0) is 75.2 Å². The fourth-order valence-corrected chi connectivity index (χ4v) is 5.46. The molecule has 4 aromatic rings. The van der Waals surface area contributed by atoms with Gasteiger partial charge in [0.15, 0.2) is 0 Å². The Morgan fingerprint density at radius 1 is 1.05 bits per heavy atom. The van der Waals surface area contributed by atoms with Crippen molar-refractivity contribution in [1.29, 1.82) is 5.26 Å². The molecule has 2 N–H and O–H groups in total. The highest BCUT2D eigenvalue weighted by Crippen LogP contribution is 2.28. The van der Waals surface area contributed by atoms with E-state index in [1.54, 1.807) is 34.9 Å². The molecule has 9 heteroatoms. The highest BCUT2D eigenvalue weighted by atomic mass is 16.4. The Kier molecular flexibility index (Phi) is 7.18. The largest absolute Gasteiger partial charge is 0.478 e. The number of carboxylic acid groups (broad SMARTS) is 1. The highest BCUT2D eigenvalue weighted by Gasteiger charge is 2.24. The quantitative estimate of drug-likeness (QED) is 0.365. The molecule has 1 aliphatic rings.